The van der Waals surface area contributed by atoms with Gasteiger partial charge in [0.2, 0.25) is 0 Å². The van der Waals surface area contributed by atoms with Gasteiger partial charge in [-0.15, -0.1) is 0 Å². The number of rotatable bonds is 2. The van der Waals surface area contributed by atoms with Crippen LogP contribution in [0.15, 0.2) is 60.7 Å². The number of benzene rings is 2. The molecule has 0 bridgehead atoms. The number of fused-ring (bicyclic) bond motifs is 2. The molecule has 1 unspecified atom stereocenters. The molecule has 0 aliphatic carbocycles. The van der Waals surface area contributed by atoms with E-state index in [1.54, 1.807) is 18.5 Å². The Bertz CT molecular complexity index is 1030. The molecule has 1 atom stereocenters. The van der Waals surface area contributed by atoms with Crippen molar-refractivity contribution >= 4 is 16.7 Å². The van der Waals surface area contributed by atoms with Crippen LogP contribution in [-0.2, 0) is 0 Å². The van der Waals surface area contributed by atoms with E-state index >= 15 is 0 Å². The van der Waals surface area contributed by atoms with Crippen LogP contribution in [0.5, 0.6) is 0 Å². The molecule has 2 aliphatic heterocycles. The minimum Gasteiger partial charge on any atom is -0.349 e. The van der Waals surface area contributed by atoms with Crippen molar-refractivity contribution in [2.24, 2.45) is 0 Å². The number of hydrogen-bond acceptors (Lipinski definition) is 4. The molecule has 130 valence electrons. The van der Waals surface area contributed by atoms with Gasteiger partial charge in [0, 0.05) is 36.5 Å². The fourth-order valence-electron chi connectivity index (χ4n) is 4.06. The number of hydrogen-bond donors (Lipinski definition) is 0. The molecule has 0 radical (unpaired) electrons. The second-order valence-electron chi connectivity index (χ2n) is 6.93. The lowest BCUT2D eigenvalue weighted by atomic mass is 10.1. The van der Waals surface area contributed by atoms with Crippen LogP contribution in [0.2, 0.25) is 0 Å². The summed E-state index contributed by atoms with van der Waals surface area (Å²) in [6, 6.07) is 11.2. The average Bonchev–Trinajstić information content (AvgIpc) is 3.24. The molecule has 2 aromatic carbocycles. The van der Waals surface area contributed by atoms with Gasteiger partial charge in [-0.3, -0.25) is 9.97 Å². The van der Waals surface area contributed by atoms with Crippen molar-refractivity contribution in [1.82, 2.24) is 14.9 Å². The third kappa shape index (κ3) is 2.35. The molecule has 2 aliphatic rings. The van der Waals surface area contributed by atoms with Gasteiger partial charge in [0.1, 0.15) is 12.0 Å². The highest BCUT2D eigenvalue weighted by molar-refractivity contribution is 5.75. The minimum atomic E-state index is -0.209. The van der Waals surface area contributed by atoms with Crippen molar-refractivity contribution in [3.05, 3.63) is 77.6 Å². The molecular weight excluding hydrogens is 327 g/mol. The van der Waals surface area contributed by atoms with Gasteiger partial charge in [-0.25, -0.2) is 4.39 Å². The molecule has 26 heavy (non-hydrogen) atoms. The van der Waals surface area contributed by atoms with Crippen LogP contribution in [0.1, 0.15) is 30.1 Å². The summed E-state index contributed by atoms with van der Waals surface area (Å²) >= 11 is 0. The molecule has 3 heterocycles. The second-order valence-corrected chi connectivity index (χ2v) is 6.93. The van der Waals surface area contributed by atoms with E-state index in [0.29, 0.717) is 0 Å². The SMILES string of the molecule is Cc1ccc(F)cc1N1C=C2CCCN2C1c1ccc2nccnc2c1. The van der Waals surface area contributed by atoms with E-state index in [2.05, 4.69) is 38.1 Å². The van der Waals surface area contributed by atoms with E-state index < -0.39 is 0 Å². The van der Waals surface area contributed by atoms with Gasteiger partial charge in [-0.2, -0.15) is 0 Å². The Morgan fingerprint density at radius 3 is 2.77 bits per heavy atom. The van der Waals surface area contributed by atoms with Crippen LogP contribution >= 0.6 is 0 Å². The summed E-state index contributed by atoms with van der Waals surface area (Å²) in [6.45, 7) is 3.04. The Kier molecular flexibility index (Phi) is 3.42. The first-order valence-electron chi connectivity index (χ1n) is 8.93. The topological polar surface area (TPSA) is 32.3 Å². The largest absolute Gasteiger partial charge is 0.349 e. The van der Waals surface area contributed by atoms with Crippen molar-refractivity contribution in [1.29, 1.82) is 0 Å². The maximum Gasteiger partial charge on any atom is 0.132 e. The molecule has 3 aromatic rings. The van der Waals surface area contributed by atoms with Crippen LogP contribution < -0.4 is 4.90 Å². The highest BCUT2D eigenvalue weighted by Gasteiger charge is 2.37. The van der Waals surface area contributed by atoms with E-state index in [0.717, 1.165) is 47.2 Å². The molecule has 0 saturated carbocycles. The molecule has 0 N–H and O–H groups in total. The lowest BCUT2D eigenvalue weighted by molar-refractivity contribution is 0.319. The number of halogens is 1. The lowest BCUT2D eigenvalue weighted by Gasteiger charge is -2.33. The van der Waals surface area contributed by atoms with E-state index in [-0.39, 0.29) is 12.0 Å². The normalized spacial score (nSPS) is 19.2. The maximum absolute atomic E-state index is 13.9. The van der Waals surface area contributed by atoms with Crippen molar-refractivity contribution in [2.75, 3.05) is 11.4 Å². The van der Waals surface area contributed by atoms with Gasteiger partial charge in [0.15, 0.2) is 0 Å². The van der Waals surface area contributed by atoms with Crippen LogP contribution in [0.3, 0.4) is 0 Å². The zero-order valence-electron chi connectivity index (χ0n) is 14.6. The summed E-state index contributed by atoms with van der Waals surface area (Å²) in [4.78, 5) is 13.4. The predicted octanol–water partition coefficient (Wildman–Crippen LogP) is 4.53. The van der Waals surface area contributed by atoms with Crippen molar-refractivity contribution in [3.8, 4) is 0 Å². The maximum atomic E-state index is 13.9. The molecule has 5 heteroatoms. The first-order chi connectivity index (χ1) is 12.7. The van der Waals surface area contributed by atoms with Gasteiger partial charge < -0.3 is 9.80 Å². The summed E-state index contributed by atoms with van der Waals surface area (Å²) in [7, 11) is 0. The van der Waals surface area contributed by atoms with Gasteiger partial charge >= 0.3 is 0 Å². The number of nitrogens with zero attached hydrogens (tertiary/aromatic N) is 4. The zero-order chi connectivity index (χ0) is 17.7. The molecule has 5 rings (SSSR count). The lowest BCUT2D eigenvalue weighted by Crippen LogP contribution is -2.31. The minimum absolute atomic E-state index is 0.0272. The Morgan fingerprint density at radius 1 is 1.04 bits per heavy atom. The van der Waals surface area contributed by atoms with Gasteiger partial charge in [-0.05, 0) is 55.2 Å². The monoisotopic (exact) mass is 346 g/mol. The number of anilines is 1. The number of allylic oxidation sites excluding steroid dienone is 1. The quantitative estimate of drug-likeness (QED) is 0.682. The predicted molar refractivity (Wildman–Crippen MR) is 99.9 cm³/mol. The van der Waals surface area contributed by atoms with Gasteiger partial charge in [0.25, 0.3) is 0 Å². The smallest absolute Gasteiger partial charge is 0.132 e. The highest BCUT2D eigenvalue weighted by atomic mass is 19.1. The molecule has 0 spiro atoms. The third-order valence-electron chi connectivity index (χ3n) is 5.29. The first-order valence-corrected chi connectivity index (χ1v) is 8.93. The number of aromatic nitrogens is 2. The van der Waals surface area contributed by atoms with Crippen molar-refractivity contribution in [2.45, 2.75) is 25.9 Å². The van der Waals surface area contributed by atoms with Gasteiger partial charge in [-0.1, -0.05) is 12.1 Å². The molecule has 4 nitrogen and oxygen atoms in total. The van der Waals surface area contributed by atoms with E-state index in [9.17, 15) is 4.39 Å². The Balaban J connectivity index is 1.65. The number of aryl methyl sites for hydroxylation is 1. The molecule has 0 amide bonds. The van der Waals surface area contributed by atoms with Gasteiger partial charge in [0.05, 0.1) is 11.0 Å². The Hall–Kier alpha value is -2.95. The van der Waals surface area contributed by atoms with Crippen LogP contribution in [0, 0.1) is 12.7 Å². The first kappa shape index (κ1) is 15.3. The van der Waals surface area contributed by atoms with Crippen molar-refractivity contribution < 1.29 is 4.39 Å². The van der Waals surface area contributed by atoms with Crippen LogP contribution in [0.25, 0.3) is 11.0 Å². The summed E-state index contributed by atoms with van der Waals surface area (Å²) in [5.41, 5.74) is 6.21. The molecule has 1 aromatic heterocycles. The average molecular weight is 346 g/mol. The summed E-state index contributed by atoms with van der Waals surface area (Å²) in [5.74, 6) is -0.209. The fourth-order valence-corrected chi connectivity index (χ4v) is 4.06. The Labute approximate surface area is 151 Å². The van der Waals surface area contributed by atoms with Crippen LogP contribution in [-0.4, -0.2) is 21.4 Å². The van der Waals surface area contributed by atoms with E-state index in [1.807, 2.05) is 19.1 Å². The summed E-state index contributed by atoms with van der Waals surface area (Å²) in [6.07, 6.45) is 7.86. The molecular formula is C21H19FN4. The summed E-state index contributed by atoms with van der Waals surface area (Å²) in [5, 5.41) is 0. The summed E-state index contributed by atoms with van der Waals surface area (Å²) < 4.78 is 13.9. The van der Waals surface area contributed by atoms with E-state index in [1.165, 1.54) is 11.8 Å². The Morgan fingerprint density at radius 2 is 1.88 bits per heavy atom. The second kappa shape index (κ2) is 5.80. The molecule has 1 fully saturated rings. The zero-order valence-corrected chi connectivity index (χ0v) is 14.6. The third-order valence-corrected chi connectivity index (χ3v) is 5.29. The molecule has 1 saturated heterocycles. The van der Waals surface area contributed by atoms with E-state index in [4.69, 9.17) is 0 Å². The fraction of sp³-hybridized carbons (Fsp3) is 0.238. The highest BCUT2D eigenvalue weighted by Crippen LogP contribution is 2.44. The standard InChI is InChI=1S/C21H19FN4/c1-14-4-6-16(22)12-20(14)26-13-17-3-2-10-25(17)21(26)15-5-7-18-19(11-15)24-9-8-23-18/h4-9,11-13,21H,2-3,10H2,1H3. The van der Waals surface area contributed by atoms with Crippen LogP contribution in [0.4, 0.5) is 10.1 Å². The van der Waals surface area contributed by atoms with Crippen molar-refractivity contribution in [3.63, 3.8) is 0 Å².